The van der Waals surface area contributed by atoms with Gasteiger partial charge in [-0.1, -0.05) is 13.8 Å². The van der Waals surface area contributed by atoms with Crippen LogP contribution in [0.15, 0.2) is 0 Å². The number of thiocarbonyl (C=S) groups is 1. The van der Waals surface area contributed by atoms with Gasteiger partial charge < -0.3 is 15.0 Å². The highest BCUT2D eigenvalue weighted by molar-refractivity contribution is 7.80. The van der Waals surface area contributed by atoms with Crippen LogP contribution >= 0.6 is 12.2 Å². The summed E-state index contributed by atoms with van der Waals surface area (Å²) in [5.41, 5.74) is 0. The lowest BCUT2D eigenvalue weighted by Gasteiger charge is -2.36. The molecule has 1 heterocycles. The highest BCUT2D eigenvalue weighted by Gasteiger charge is 2.22. The van der Waals surface area contributed by atoms with E-state index >= 15 is 0 Å². The van der Waals surface area contributed by atoms with Crippen molar-refractivity contribution in [2.45, 2.75) is 33.6 Å². The SMILES string of the molecule is CCOCCCNC(=S)N1CC(C)CC(C)C1. The molecule has 1 aliphatic rings. The number of nitrogens with one attached hydrogen (secondary N) is 1. The fourth-order valence-corrected chi connectivity index (χ4v) is 2.71. The summed E-state index contributed by atoms with van der Waals surface area (Å²) >= 11 is 5.43. The maximum absolute atomic E-state index is 5.43. The smallest absolute Gasteiger partial charge is 0.168 e. The van der Waals surface area contributed by atoms with Gasteiger partial charge in [0.1, 0.15) is 0 Å². The third-order valence-electron chi connectivity index (χ3n) is 3.10. The van der Waals surface area contributed by atoms with Gasteiger partial charge in [0.05, 0.1) is 0 Å². The van der Waals surface area contributed by atoms with Gasteiger partial charge in [-0.15, -0.1) is 0 Å². The third kappa shape index (κ3) is 5.68. The summed E-state index contributed by atoms with van der Waals surface area (Å²) in [5, 5.41) is 4.25. The van der Waals surface area contributed by atoms with E-state index in [1.165, 1.54) is 6.42 Å². The van der Waals surface area contributed by atoms with Crippen molar-refractivity contribution in [3.8, 4) is 0 Å². The molecule has 0 spiro atoms. The van der Waals surface area contributed by atoms with Gasteiger partial charge in [-0.05, 0) is 43.8 Å². The van der Waals surface area contributed by atoms with Crippen molar-refractivity contribution in [3.05, 3.63) is 0 Å². The van der Waals surface area contributed by atoms with Gasteiger partial charge in [-0.2, -0.15) is 0 Å². The van der Waals surface area contributed by atoms with E-state index < -0.39 is 0 Å². The first-order chi connectivity index (χ1) is 8.13. The summed E-state index contributed by atoms with van der Waals surface area (Å²) in [5.74, 6) is 1.50. The molecule has 0 aromatic carbocycles. The Hall–Kier alpha value is -0.350. The van der Waals surface area contributed by atoms with Crippen LogP contribution in [0.2, 0.25) is 0 Å². The van der Waals surface area contributed by atoms with Crippen LogP contribution in [0.1, 0.15) is 33.6 Å². The second-order valence-electron chi connectivity index (χ2n) is 5.13. The van der Waals surface area contributed by atoms with E-state index in [2.05, 4.69) is 24.1 Å². The normalized spacial score (nSPS) is 24.8. The zero-order chi connectivity index (χ0) is 12.7. The summed E-state index contributed by atoms with van der Waals surface area (Å²) in [4.78, 5) is 2.31. The van der Waals surface area contributed by atoms with Crippen molar-refractivity contribution in [1.29, 1.82) is 0 Å². The minimum Gasteiger partial charge on any atom is -0.382 e. The fraction of sp³-hybridized carbons (Fsp3) is 0.923. The quantitative estimate of drug-likeness (QED) is 0.604. The number of hydrogen-bond acceptors (Lipinski definition) is 2. The Bertz CT molecular complexity index is 225. The van der Waals surface area contributed by atoms with E-state index in [0.29, 0.717) is 0 Å². The molecule has 1 N–H and O–H groups in total. The van der Waals surface area contributed by atoms with Crippen LogP contribution in [0, 0.1) is 11.8 Å². The van der Waals surface area contributed by atoms with Gasteiger partial charge in [0.2, 0.25) is 0 Å². The molecule has 0 aromatic heterocycles. The van der Waals surface area contributed by atoms with Crippen LogP contribution < -0.4 is 5.32 Å². The van der Waals surface area contributed by atoms with Crippen molar-refractivity contribution in [2.75, 3.05) is 32.8 Å². The maximum Gasteiger partial charge on any atom is 0.168 e. The zero-order valence-corrected chi connectivity index (χ0v) is 12.2. The molecule has 0 radical (unpaired) electrons. The first kappa shape index (κ1) is 14.7. The van der Waals surface area contributed by atoms with Crippen molar-refractivity contribution >= 4 is 17.3 Å². The minimum absolute atomic E-state index is 0.752. The van der Waals surface area contributed by atoms with E-state index in [0.717, 1.165) is 56.2 Å². The molecular weight excluding hydrogens is 232 g/mol. The molecule has 0 saturated carbocycles. The Balaban J connectivity index is 2.18. The van der Waals surface area contributed by atoms with E-state index in [9.17, 15) is 0 Å². The van der Waals surface area contributed by atoms with Gasteiger partial charge in [0.15, 0.2) is 5.11 Å². The molecule has 1 saturated heterocycles. The number of piperidine rings is 1. The lowest BCUT2D eigenvalue weighted by atomic mass is 9.92. The lowest BCUT2D eigenvalue weighted by molar-refractivity contribution is 0.145. The van der Waals surface area contributed by atoms with Crippen molar-refractivity contribution in [2.24, 2.45) is 11.8 Å². The molecule has 2 unspecified atom stereocenters. The Morgan fingerprint density at radius 1 is 1.35 bits per heavy atom. The van der Waals surface area contributed by atoms with E-state index in [-0.39, 0.29) is 0 Å². The molecule has 3 nitrogen and oxygen atoms in total. The number of nitrogens with zero attached hydrogens (tertiary/aromatic N) is 1. The lowest BCUT2D eigenvalue weighted by Crippen LogP contribution is -2.47. The molecular formula is C13H26N2OS. The molecule has 100 valence electrons. The van der Waals surface area contributed by atoms with Crippen LogP contribution in [0.25, 0.3) is 0 Å². The number of rotatable bonds is 5. The highest BCUT2D eigenvalue weighted by atomic mass is 32.1. The summed E-state index contributed by atoms with van der Waals surface area (Å²) in [6, 6.07) is 0. The highest BCUT2D eigenvalue weighted by Crippen LogP contribution is 2.20. The molecule has 2 atom stereocenters. The third-order valence-corrected chi connectivity index (χ3v) is 3.50. The Morgan fingerprint density at radius 3 is 2.59 bits per heavy atom. The van der Waals surface area contributed by atoms with Crippen molar-refractivity contribution < 1.29 is 4.74 Å². The van der Waals surface area contributed by atoms with Crippen LogP contribution in [0.4, 0.5) is 0 Å². The van der Waals surface area contributed by atoms with Gasteiger partial charge in [0, 0.05) is 32.8 Å². The Morgan fingerprint density at radius 2 is 2.00 bits per heavy atom. The monoisotopic (exact) mass is 258 g/mol. The molecule has 0 amide bonds. The summed E-state index contributed by atoms with van der Waals surface area (Å²) < 4.78 is 5.30. The summed E-state index contributed by atoms with van der Waals surface area (Å²) in [6.07, 6.45) is 2.34. The molecule has 17 heavy (non-hydrogen) atoms. The summed E-state index contributed by atoms with van der Waals surface area (Å²) in [7, 11) is 0. The molecule has 1 rings (SSSR count). The van der Waals surface area contributed by atoms with Gasteiger partial charge in [-0.3, -0.25) is 0 Å². The average molecular weight is 258 g/mol. The zero-order valence-electron chi connectivity index (χ0n) is 11.4. The first-order valence-electron chi connectivity index (χ1n) is 6.74. The molecule has 1 fully saturated rings. The predicted octanol–water partition coefficient (Wildman–Crippen LogP) is 2.27. The van der Waals surface area contributed by atoms with E-state index in [1.807, 2.05) is 6.92 Å². The second kappa shape index (κ2) is 7.88. The largest absolute Gasteiger partial charge is 0.382 e. The molecule has 1 aliphatic heterocycles. The first-order valence-corrected chi connectivity index (χ1v) is 7.14. The minimum atomic E-state index is 0.752. The van der Waals surface area contributed by atoms with Crippen LogP contribution in [-0.4, -0.2) is 42.9 Å². The van der Waals surface area contributed by atoms with Crippen LogP contribution in [-0.2, 0) is 4.74 Å². The van der Waals surface area contributed by atoms with Crippen molar-refractivity contribution in [1.82, 2.24) is 10.2 Å². The predicted molar refractivity (Wildman–Crippen MR) is 76.2 cm³/mol. The van der Waals surface area contributed by atoms with Crippen molar-refractivity contribution in [3.63, 3.8) is 0 Å². The van der Waals surface area contributed by atoms with E-state index in [4.69, 9.17) is 17.0 Å². The topological polar surface area (TPSA) is 24.5 Å². The molecule has 0 bridgehead atoms. The van der Waals surface area contributed by atoms with Crippen LogP contribution in [0.5, 0.6) is 0 Å². The molecule has 4 heteroatoms. The number of ether oxygens (including phenoxy) is 1. The molecule has 0 aliphatic carbocycles. The maximum atomic E-state index is 5.43. The Labute approximate surface area is 111 Å². The second-order valence-corrected chi connectivity index (χ2v) is 5.52. The van der Waals surface area contributed by atoms with Gasteiger partial charge in [0.25, 0.3) is 0 Å². The number of hydrogen-bond donors (Lipinski definition) is 1. The Kier molecular flexibility index (Phi) is 6.82. The van der Waals surface area contributed by atoms with Crippen LogP contribution in [0.3, 0.4) is 0 Å². The molecule has 0 aromatic rings. The van der Waals surface area contributed by atoms with E-state index in [1.54, 1.807) is 0 Å². The van der Waals surface area contributed by atoms with Gasteiger partial charge >= 0.3 is 0 Å². The van der Waals surface area contributed by atoms with Gasteiger partial charge in [-0.25, -0.2) is 0 Å². The standard InChI is InChI=1S/C13H26N2OS/c1-4-16-7-5-6-14-13(17)15-9-11(2)8-12(3)10-15/h11-12H,4-10H2,1-3H3,(H,14,17). The average Bonchev–Trinajstić information content (AvgIpc) is 2.27. The fourth-order valence-electron chi connectivity index (χ4n) is 2.45. The number of likely N-dealkylation sites (tertiary alicyclic amines) is 1. The summed E-state index contributed by atoms with van der Waals surface area (Å²) in [6.45, 7) is 11.4.